The first-order valence-corrected chi connectivity index (χ1v) is 5.33. The van der Waals surface area contributed by atoms with E-state index in [1.165, 1.54) is 18.2 Å². The van der Waals surface area contributed by atoms with E-state index in [0.717, 1.165) is 0 Å². The predicted octanol–water partition coefficient (Wildman–Crippen LogP) is 1.84. The monoisotopic (exact) mass is 271 g/mol. The molecule has 1 aromatic rings. The molecule has 0 heterocycles. The van der Waals surface area contributed by atoms with Crippen LogP contribution in [0.5, 0.6) is 0 Å². The van der Waals surface area contributed by atoms with Gasteiger partial charge < -0.3 is 15.5 Å². The van der Waals surface area contributed by atoms with Gasteiger partial charge in [0.05, 0.1) is 22.7 Å². The van der Waals surface area contributed by atoms with Gasteiger partial charge in [0, 0.05) is 6.42 Å². The SMILES string of the molecule is O=C(O)CCC(=O)Nc1c(Cl)cccc1C(=O)O. The summed E-state index contributed by atoms with van der Waals surface area (Å²) in [4.78, 5) is 32.6. The lowest BCUT2D eigenvalue weighted by atomic mass is 10.1. The summed E-state index contributed by atoms with van der Waals surface area (Å²) < 4.78 is 0. The first kappa shape index (κ1) is 14.0. The highest BCUT2D eigenvalue weighted by Gasteiger charge is 2.15. The van der Waals surface area contributed by atoms with Crippen molar-refractivity contribution in [3.05, 3.63) is 28.8 Å². The fourth-order valence-corrected chi connectivity index (χ4v) is 1.47. The zero-order chi connectivity index (χ0) is 13.7. The summed E-state index contributed by atoms with van der Waals surface area (Å²) in [6.07, 6.45) is -0.585. The molecule has 0 aromatic heterocycles. The van der Waals surface area contributed by atoms with E-state index in [9.17, 15) is 14.4 Å². The van der Waals surface area contributed by atoms with E-state index in [2.05, 4.69) is 5.32 Å². The average molecular weight is 272 g/mol. The van der Waals surface area contributed by atoms with Gasteiger partial charge in [-0.25, -0.2) is 4.79 Å². The Morgan fingerprint density at radius 2 is 1.83 bits per heavy atom. The predicted molar refractivity (Wildman–Crippen MR) is 63.9 cm³/mol. The van der Waals surface area contributed by atoms with E-state index < -0.39 is 17.8 Å². The van der Waals surface area contributed by atoms with Crippen molar-refractivity contribution in [3.8, 4) is 0 Å². The minimum absolute atomic E-state index is 0.0259. The van der Waals surface area contributed by atoms with Gasteiger partial charge in [0.25, 0.3) is 0 Å². The molecule has 0 aliphatic carbocycles. The van der Waals surface area contributed by atoms with Gasteiger partial charge >= 0.3 is 11.9 Å². The van der Waals surface area contributed by atoms with E-state index in [1.54, 1.807) is 0 Å². The average Bonchev–Trinajstić information content (AvgIpc) is 2.28. The lowest BCUT2D eigenvalue weighted by Crippen LogP contribution is -2.16. The van der Waals surface area contributed by atoms with Crippen LogP contribution >= 0.6 is 11.6 Å². The smallest absolute Gasteiger partial charge is 0.337 e. The van der Waals surface area contributed by atoms with Gasteiger partial charge in [0.15, 0.2) is 0 Å². The Labute approximate surface area is 107 Å². The van der Waals surface area contributed by atoms with Gasteiger partial charge in [-0.15, -0.1) is 0 Å². The molecule has 0 saturated heterocycles. The van der Waals surface area contributed by atoms with Gasteiger partial charge in [0.1, 0.15) is 0 Å². The molecule has 0 radical (unpaired) electrons. The summed E-state index contributed by atoms with van der Waals surface area (Å²) in [5.74, 6) is -2.94. The van der Waals surface area contributed by atoms with E-state index >= 15 is 0 Å². The van der Waals surface area contributed by atoms with E-state index in [4.69, 9.17) is 21.8 Å². The molecule has 0 unspecified atom stereocenters. The standard InChI is InChI=1S/C11H10ClNO5/c12-7-3-1-2-6(11(17)18)10(7)13-8(14)4-5-9(15)16/h1-3H,4-5H2,(H,13,14)(H,15,16)(H,17,18). The lowest BCUT2D eigenvalue weighted by molar-refractivity contribution is -0.138. The van der Waals surface area contributed by atoms with Crippen molar-refractivity contribution >= 4 is 35.1 Å². The fraction of sp³-hybridized carbons (Fsp3) is 0.182. The zero-order valence-corrected chi connectivity index (χ0v) is 9.90. The maximum Gasteiger partial charge on any atom is 0.337 e. The molecule has 0 atom stereocenters. The molecule has 0 fully saturated rings. The molecule has 0 saturated carbocycles. The van der Waals surface area contributed by atoms with Crippen molar-refractivity contribution in [2.45, 2.75) is 12.8 Å². The van der Waals surface area contributed by atoms with Gasteiger partial charge in [-0.05, 0) is 12.1 Å². The lowest BCUT2D eigenvalue weighted by Gasteiger charge is -2.09. The third-order valence-electron chi connectivity index (χ3n) is 2.07. The zero-order valence-electron chi connectivity index (χ0n) is 9.14. The van der Waals surface area contributed by atoms with Crippen molar-refractivity contribution in [2.75, 3.05) is 5.32 Å². The highest BCUT2D eigenvalue weighted by molar-refractivity contribution is 6.34. The summed E-state index contributed by atoms with van der Waals surface area (Å²) in [6.45, 7) is 0. The largest absolute Gasteiger partial charge is 0.481 e. The van der Waals surface area contributed by atoms with Crippen molar-refractivity contribution in [1.29, 1.82) is 0 Å². The van der Waals surface area contributed by atoms with Crippen LogP contribution < -0.4 is 5.32 Å². The number of amides is 1. The van der Waals surface area contributed by atoms with Crippen LogP contribution in [0.4, 0.5) is 5.69 Å². The van der Waals surface area contributed by atoms with E-state index in [1.807, 2.05) is 0 Å². The van der Waals surface area contributed by atoms with Crippen LogP contribution in [0.1, 0.15) is 23.2 Å². The summed E-state index contributed by atoms with van der Waals surface area (Å²) in [5, 5.41) is 19.7. The number of carbonyl (C=O) groups is 3. The van der Waals surface area contributed by atoms with E-state index in [-0.39, 0.29) is 29.1 Å². The summed E-state index contributed by atoms with van der Waals surface area (Å²) in [6, 6.07) is 4.17. The van der Waals surface area contributed by atoms with Crippen LogP contribution in [-0.2, 0) is 9.59 Å². The van der Waals surface area contributed by atoms with Crippen molar-refractivity contribution in [1.82, 2.24) is 0 Å². The molecule has 1 amide bonds. The number of nitrogens with one attached hydrogen (secondary N) is 1. The minimum Gasteiger partial charge on any atom is -0.481 e. The Hall–Kier alpha value is -2.08. The quantitative estimate of drug-likeness (QED) is 0.758. The molecule has 0 spiro atoms. The molecule has 0 aliphatic rings. The molecule has 0 bridgehead atoms. The first-order valence-electron chi connectivity index (χ1n) is 4.95. The normalized spacial score (nSPS) is 9.83. The Morgan fingerprint density at radius 3 is 2.39 bits per heavy atom. The number of carboxylic acids is 2. The number of anilines is 1. The first-order chi connectivity index (χ1) is 8.41. The third kappa shape index (κ3) is 3.74. The summed E-state index contributed by atoms with van der Waals surface area (Å²) in [5.41, 5.74) is -0.173. The van der Waals surface area contributed by atoms with Crippen molar-refractivity contribution in [3.63, 3.8) is 0 Å². The summed E-state index contributed by atoms with van der Waals surface area (Å²) >= 11 is 5.79. The highest BCUT2D eigenvalue weighted by atomic mass is 35.5. The van der Waals surface area contributed by atoms with Crippen LogP contribution in [0, 0.1) is 0 Å². The number of aromatic carboxylic acids is 1. The molecular formula is C11H10ClNO5. The Bertz CT molecular complexity index is 500. The topological polar surface area (TPSA) is 104 Å². The molecule has 96 valence electrons. The maximum atomic E-state index is 11.4. The number of carbonyl (C=O) groups excluding carboxylic acids is 1. The Morgan fingerprint density at radius 1 is 1.17 bits per heavy atom. The highest BCUT2D eigenvalue weighted by Crippen LogP contribution is 2.26. The van der Waals surface area contributed by atoms with Crippen LogP contribution in [0.2, 0.25) is 5.02 Å². The number of aliphatic carboxylic acids is 1. The Balaban J connectivity index is 2.86. The minimum atomic E-state index is -1.23. The Kier molecular flexibility index (Phi) is 4.67. The number of hydrogen-bond donors (Lipinski definition) is 3. The second kappa shape index (κ2) is 6.02. The number of halogens is 1. The van der Waals surface area contributed by atoms with Crippen LogP contribution in [0.15, 0.2) is 18.2 Å². The van der Waals surface area contributed by atoms with Crippen molar-refractivity contribution in [2.24, 2.45) is 0 Å². The number of carboxylic acid groups (broad SMARTS) is 2. The molecular weight excluding hydrogens is 262 g/mol. The second-order valence-electron chi connectivity index (χ2n) is 3.41. The molecule has 3 N–H and O–H groups in total. The molecule has 7 heteroatoms. The van der Waals surface area contributed by atoms with Crippen LogP contribution in [0.3, 0.4) is 0 Å². The second-order valence-corrected chi connectivity index (χ2v) is 3.82. The van der Waals surface area contributed by atoms with Gasteiger partial charge in [-0.3, -0.25) is 9.59 Å². The maximum absolute atomic E-state index is 11.4. The molecule has 18 heavy (non-hydrogen) atoms. The third-order valence-corrected chi connectivity index (χ3v) is 2.39. The molecule has 1 aromatic carbocycles. The number of hydrogen-bond acceptors (Lipinski definition) is 3. The van der Waals surface area contributed by atoms with Crippen LogP contribution in [-0.4, -0.2) is 28.1 Å². The van der Waals surface area contributed by atoms with Gasteiger partial charge in [-0.1, -0.05) is 17.7 Å². The van der Waals surface area contributed by atoms with E-state index in [0.29, 0.717) is 0 Å². The summed E-state index contributed by atoms with van der Waals surface area (Å²) in [7, 11) is 0. The molecule has 1 rings (SSSR count). The van der Waals surface area contributed by atoms with Gasteiger partial charge in [-0.2, -0.15) is 0 Å². The molecule has 0 aliphatic heterocycles. The van der Waals surface area contributed by atoms with Crippen molar-refractivity contribution < 1.29 is 24.6 Å². The fourth-order valence-electron chi connectivity index (χ4n) is 1.25. The number of benzene rings is 1. The number of para-hydroxylation sites is 1. The van der Waals surface area contributed by atoms with Gasteiger partial charge in [0.2, 0.25) is 5.91 Å². The van der Waals surface area contributed by atoms with Crippen LogP contribution in [0.25, 0.3) is 0 Å². The number of rotatable bonds is 5. The molecule has 6 nitrogen and oxygen atoms in total.